The van der Waals surface area contributed by atoms with Gasteiger partial charge in [0.25, 0.3) is 0 Å². The van der Waals surface area contributed by atoms with Gasteiger partial charge in [-0.2, -0.15) is 0 Å². The van der Waals surface area contributed by atoms with E-state index in [1.54, 1.807) is 0 Å². The molecule has 0 aromatic heterocycles. The van der Waals surface area contributed by atoms with Crippen molar-refractivity contribution in [2.45, 2.75) is 32.2 Å². The fourth-order valence-electron chi connectivity index (χ4n) is 1.78. The number of benzene rings is 1. The van der Waals surface area contributed by atoms with E-state index in [2.05, 4.69) is 12.0 Å². The third-order valence-corrected chi connectivity index (χ3v) is 2.57. The van der Waals surface area contributed by atoms with E-state index in [0.29, 0.717) is 0 Å². The Morgan fingerprint density at radius 2 is 2.25 bits per heavy atom. The molecule has 1 rings (SSSR count). The molecule has 0 saturated heterocycles. The Hall–Kier alpha value is -1.19. The zero-order valence-electron chi connectivity index (χ0n) is 9.67. The highest BCUT2D eigenvalue weighted by Gasteiger charge is 2.10. The molecule has 0 aliphatic carbocycles. The topological polar surface area (TPSA) is 38.0 Å². The number of nitrogens with one attached hydrogen (secondary N) is 1. The van der Waals surface area contributed by atoms with Crippen molar-refractivity contribution in [3.8, 4) is 0 Å². The SMILES string of the molecule is C=CCCCC(NN)c1cc(C)cc(F)c1. The van der Waals surface area contributed by atoms with E-state index in [4.69, 9.17) is 5.84 Å². The molecule has 16 heavy (non-hydrogen) atoms. The molecule has 88 valence electrons. The van der Waals surface area contributed by atoms with Gasteiger partial charge in [0.2, 0.25) is 0 Å². The summed E-state index contributed by atoms with van der Waals surface area (Å²) >= 11 is 0. The molecule has 0 spiro atoms. The standard InChI is InChI=1S/C13H19FN2/c1-3-4-5-6-13(16-15)11-7-10(2)8-12(14)9-11/h3,7-9,13,16H,1,4-6,15H2,2H3. The van der Waals surface area contributed by atoms with Crippen LogP contribution in [0.25, 0.3) is 0 Å². The first kappa shape index (κ1) is 12.9. The third-order valence-electron chi connectivity index (χ3n) is 2.57. The molecule has 1 aromatic carbocycles. The molecule has 1 unspecified atom stereocenters. The predicted octanol–water partition coefficient (Wildman–Crippen LogP) is 2.99. The van der Waals surface area contributed by atoms with Crippen molar-refractivity contribution in [2.24, 2.45) is 5.84 Å². The lowest BCUT2D eigenvalue weighted by atomic mass is 10.00. The molecule has 1 aromatic rings. The average Bonchev–Trinajstić information content (AvgIpc) is 2.23. The summed E-state index contributed by atoms with van der Waals surface area (Å²) in [6.07, 6.45) is 4.70. The summed E-state index contributed by atoms with van der Waals surface area (Å²) in [5.74, 6) is 5.28. The summed E-state index contributed by atoms with van der Waals surface area (Å²) in [5, 5.41) is 0. The van der Waals surface area contributed by atoms with Gasteiger partial charge in [0, 0.05) is 6.04 Å². The van der Waals surface area contributed by atoms with Crippen molar-refractivity contribution in [3.63, 3.8) is 0 Å². The predicted molar refractivity (Wildman–Crippen MR) is 65.2 cm³/mol. The molecule has 0 fully saturated rings. The van der Waals surface area contributed by atoms with E-state index in [-0.39, 0.29) is 11.9 Å². The molecule has 0 aliphatic heterocycles. The Morgan fingerprint density at radius 3 is 2.81 bits per heavy atom. The lowest BCUT2D eigenvalue weighted by Crippen LogP contribution is -2.28. The summed E-state index contributed by atoms with van der Waals surface area (Å²) < 4.78 is 13.2. The molecule has 0 amide bonds. The number of hydrogen-bond donors (Lipinski definition) is 2. The van der Waals surface area contributed by atoms with Crippen LogP contribution in [0.1, 0.15) is 36.4 Å². The highest BCUT2D eigenvalue weighted by Crippen LogP contribution is 2.21. The van der Waals surface area contributed by atoms with Gasteiger partial charge in [0.15, 0.2) is 0 Å². The highest BCUT2D eigenvalue weighted by molar-refractivity contribution is 5.26. The first-order chi connectivity index (χ1) is 7.67. The first-order valence-electron chi connectivity index (χ1n) is 5.51. The zero-order valence-corrected chi connectivity index (χ0v) is 9.67. The number of hydrazine groups is 1. The van der Waals surface area contributed by atoms with Gasteiger partial charge in [-0.1, -0.05) is 12.1 Å². The Kier molecular flexibility index (Phi) is 5.15. The van der Waals surface area contributed by atoms with E-state index in [9.17, 15) is 4.39 Å². The van der Waals surface area contributed by atoms with Crippen molar-refractivity contribution in [1.82, 2.24) is 5.43 Å². The van der Waals surface area contributed by atoms with Crippen molar-refractivity contribution >= 4 is 0 Å². The minimum atomic E-state index is -0.209. The first-order valence-corrected chi connectivity index (χ1v) is 5.51. The second-order valence-corrected chi connectivity index (χ2v) is 4.00. The van der Waals surface area contributed by atoms with Crippen LogP contribution in [0, 0.1) is 12.7 Å². The van der Waals surface area contributed by atoms with Gasteiger partial charge in [-0.15, -0.1) is 6.58 Å². The highest BCUT2D eigenvalue weighted by atomic mass is 19.1. The second kappa shape index (κ2) is 6.40. The third kappa shape index (κ3) is 3.76. The normalized spacial score (nSPS) is 12.4. The zero-order chi connectivity index (χ0) is 12.0. The number of hydrogen-bond acceptors (Lipinski definition) is 2. The quantitative estimate of drug-likeness (QED) is 0.336. The van der Waals surface area contributed by atoms with Gasteiger partial charge in [0.05, 0.1) is 0 Å². The summed E-state index contributed by atoms with van der Waals surface area (Å²) in [7, 11) is 0. The van der Waals surface area contributed by atoms with Gasteiger partial charge >= 0.3 is 0 Å². The van der Waals surface area contributed by atoms with Crippen LogP contribution in [-0.4, -0.2) is 0 Å². The fourth-order valence-corrected chi connectivity index (χ4v) is 1.78. The number of rotatable bonds is 6. The number of halogens is 1. The van der Waals surface area contributed by atoms with Crippen molar-refractivity contribution in [3.05, 3.63) is 47.8 Å². The van der Waals surface area contributed by atoms with Gasteiger partial charge in [-0.25, -0.2) is 4.39 Å². The van der Waals surface area contributed by atoms with Crippen molar-refractivity contribution < 1.29 is 4.39 Å². The van der Waals surface area contributed by atoms with Crippen LogP contribution >= 0.6 is 0 Å². The number of aryl methyl sites for hydroxylation is 1. The maximum atomic E-state index is 13.2. The van der Waals surface area contributed by atoms with Crippen LogP contribution in [0.15, 0.2) is 30.9 Å². The monoisotopic (exact) mass is 222 g/mol. The van der Waals surface area contributed by atoms with Crippen molar-refractivity contribution in [2.75, 3.05) is 0 Å². The maximum Gasteiger partial charge on any atom is 0.123 e. The van der Waals surface area contributed by atoms with E-state index in [1.165, 1.54) is 12.1 Å². The van der Waals surface area contributed by atoms with Crippen molar-refractivity contribution in [1.29, 1.82) is 0 Å². The Balaban J connectivity index is 2.73. The molecule has 0 aliphatic rings. The Labute approximate surface area is 96.3 Å². The van der Waals surface area contributed by atoms with Crippen LogP contribution in [-0.2, 0) is 0 Å². The molecule has 0 saturated carbocycles. The van der Waals surface area contributed by atoms with Gasteiger partial charge in [0.1, 0.15) is 5.82 Å². The van der Waals surface area contributed by atoms with Crippen LogP contribution in [0.4, 0.5) is 4.39 Å². The average molecular weight is 222 g/mol. The molecule has 3 heteroatoms. The summed E-state index contributed by atoms with van der Waals surface area (Å²) in [5.41, 5.74) is 4.55. The molecule has 3 N–H and O–H groups in total. The van der Waals surface area contributed by atoms with Crippen LogP contribution in [0.5, 0.6) is 0 Å². The van der Waals surface area contributed by atoms with Gasteiger partial charge in [-0.05, 0) is 49.4 Å². The van der Waals surface area contributed by atoms with Crippen LogP contribution in [0.3, 0.4) is 0 Å². The lowest BCUT2D eigenvalue weighted by molar-refractivity contribution is 0.497. The van der Waals surface area contributed by atoms with Crippen LogP contribution in [0.2, 0.25) is 0 Å². The summed E-state index contributed by atoms with van der Waals surface area (Å²) in [6, 6.07) is 5.02. The minimum absolute atomic E-state index is 0.00866. The van der Waals surface area contributed by atoms with E-state index in [0.717, 1.165) is 30.4 Å². The maximum absolute atomic E-state index is 13.2. The van der Waals surface area contributed by atoms with E-state index < -0.39 is 0 Å². The second-order valence-electron chi connectivity index (χ2n) is 4.00. The summed E-state index contributed by atoms with van der Waals surface area (Å²) in [4.78, 5) is 0. The van der Waals surface area contributed by atoms with Gasteiger partial charge in [-0.3, -0.25) is 11.3 Å². The number of allylic oxidation sites excluding steroid dienone is 1. The number of unbranched alkanes of at least 4 members (excludes halogenated alkanes) is 1. The molecule has 0 radical (unpaired) electrons. The molecule has 2 nitrogen and oxygen atoms in total. The van der Waals surface area contributed by atoms with E-state index >= 15 is 0 Å². The minimum Gasteiger partial charge on any atom is -0.271 e. The lowest BCUT2D eigenvalue weighted by Gasteiger charge is -2.16. The van der Waals surface area contributed by atoms with E-state index in [1.807, 2.05) is 19.1 Å². The molecular weight excluding hydrogens is 203 g/mol. The Bertz CT molecular complexity index is 330. The fraction of sp³-hybridized carbons (Fsp3) is 0.385. The Morgan fingerprint density at radius 1 is 1.50 bits per heavy atom. The molecule has 0 heterocycles. The number of nitrogens with two attached hydrogens (primary N) is 1. The summed E-state index contributed by atoms with van der Waals surface area (Å²) in [6.45, 7) is 5.55. The largest absolute Gasteiger partial charge is 0.271 e. The molecule has 1 atom stereocenters. The molecular formula is C13H19FN2. The van der Waals surface area contributed by atoms with Crippen LogP contribution < -0.4 is 11.3 Å². The smallest absolute Gasteiger partial charge is 0.123 e. The molecule has 0 bridgehead atoms. The van der Waals surface area contributed by atoms with Gasteiger partial charge < -0.3 is 0 Å².